The summed E-state index contributed by atoms with van der Waals surface area (Å²) in [7, 11) is 1.63. The van der Waals surface area contributed by atoms with E-state index in [4.69, 9.17) is 4.74 Å². The molecule has 2 rings (SSSR count). The van der Waals surface area contributed by atoms with Gasteiger partial charge in [-0.15, -0.1) is 0 Å². The Kier molecular flexibility index (Phi) is 5.28. The molecule has 2 aromatic carbocycles. The lowest BCUT2D eigenvalue weighted by atomic mass is 10.1. The van der Waals surface area contributed by atoms with E-state index in [1.807, 2.05) is 24.3 Å². The van der Waals surface area contributed by atoms with Crippen molar-refractivity contribution in [2.45, 2.75) is 19.4 Å². The predicted octanol–water partition coefficient (Wildman–Crippen LogP) is 3.87. The maximum atomic E-state index is 13.6. The molecule has 2 aromatic rings. The summed E-state index contributed by atoms with van der Waals surface area (Å²) in [5, 5.41) is 3.15. The molecule has 0 aliphatic carbocycles. The van der Waals surface area contributed by atoms with E-state index in [-0.39, 0.29) is 11.6 Å². The third-order valence-corrected chi connectivity index (χ3v) is 3.46. The number of methoxy groups -OCH3 is 1. The van der Waals surface area contributed by atoms with Gasteiger partial charge in [-0.1, -0.05) is 18.2 Å². The van der Waals surface area contributed by atoms with Crippen molar-refractivity contribution >= 4 is 0 Å². The fourth-order valence-electron chi connectivity index (χ4n) is 2.25. The molecule has 0 amide bonds. The topological polar surface area (TPSA) is 21.3 Å². The zero-order chi connectivity index (χ0) is 15.2. The summed E-state index contributed by atoms with van der Waals surface area (Å²) in [6, 6.07) is 11.3. The van der Waals surface area contributed by atoms with Crippen LogP contribution in [0, 0.1) is 11.6 Å². The molecule has 0 radical (unpaired) electrons. The van der Waals surface area contributed by atoms with Gasteiger partial charge in [-0.25, -0.2) is 8.78 Å². The molecule has 112 valence electrons. The number of nitrogens with one attached hydrogen (secondary N) is 1. The van der Waals surface area contributed by atoms with Gasteiger partial charge in [0.15, 0.2) is 0 Å². The smallest absolute Gasteiger partial charge is 0.130 e. The van der Waals surface area contributed by atoms with Crippen LogP contribution in [0.5, 0.6) is 5.75 Å². The van der Waals surface area contributed by atoms with E-state index in [0.717, 1.165) is 17.7 Å². The highest BCUT2D eigenvalue weighted by Crippen LogP contribution is 2.20. The molecule has 1 atom stereocenters. The Hall–Kier alpha value is -1.94. The molecule has 0 spiro atoms. The number of hydrogen-bond donors (Lipinski definition) is 1. The van der Waals surface area contributed by atoms with E-state index in [2.05, 4.69) is 5.32 Å². The molecule has 0 aliphatic heterocycles. The molecule has 0 aliphatic rings. The van der Waals surface area contributed by atoms with Gasteiger partial charge in [0.25, 0.3) is 0 Å². The highest BCUT2D eigenvalue weighted by molar-refractivity contribution is 5.27. The fourth-order valence-corrected chi connectivity index (χ4v) is 2.25. The van der Waals surface area contributed by atoms with Crippen molar-refractivity contribution in [3.63, 3.8) is 0 Å². The summed E-state index contributed by atoms with van der Waals surface area (Å²) >= 11 is 0. The quantitative estimate of drug-likeness (QED) is 0.872. The molecule has 0 bridgehead atoms. The van der Waals surface area contributed by atoms with Crippen molar-refractivity contribution < 1.29 is 13.5 Å². The summed E-state index contributed by atoms with van der Waals surface area (Å²) in [6.45, 7) is 2.40. The second-order valence-corrected chi connectivity index (χ2v) is 4.91. The first kappa shape index (κ1) is 15.4. The average molecular weight is 291 g/mol. The molecule has 4 heteroatoms. The Morgan fingerprint density at radius 3 is 2.24 bits per heavy atom. The van der Waals surface area contributed by atoms with Gasteiger partial charge < -0.3 is 10.1 Å². The Morgan fingerprint density at radius 2 is 1.67 bits per heavy atom. The van der Waals surface area contributed by atoms with Crippen LogP contribution >= 0.6 is 0 Å². The number of hydrogen-bond acceptors (Lipinski definition) is 2. The molecule has 1 unspecified atom stereocenters. The molecule has 1 N–H and O–H groups in total. The van der Waals surface area contributed by atoms with Crippen molar-refractivity contribution in [3.8, 4) is 5.75 Å². The van der Waals surface area contributed by atoms with Gasteiger partial charge in [-0.05, 0) is 49.7 Å². The van der Waals surface area contributed by atoms with Crippen molar-refractivity contribution in [3.05, 3.63) is 65.2 Å². The minimum absolute atomic E-state index is 0.0900. The SMILES string of the molecule is COc1ccc(CCNC(C)c2c(F)cccc2F)cc1. The van der Waals surface area contributed by atoms with E-state index in [9.17, 15) is 8.78 Å². The van der Waals surface area contributed by atoms with Gasteiger partial charge in [0.2, 0.25) is 0 Å². The molecular weight excluding hydrogens is 272 g/mol. The zero-order valence-electron chi connectivity index (χ0n) is 12.2. The predicted molar refractivity (Wildman–Crippen MR) is 79.5 cm³/mol. The van der Waals surface area contributed by atoms with Crippen molar-refractivity contribution in [1.29, 1.82) is 0 Å². The second-order valence-electron chi connectivity index (χ2n) is 4.91. The maximum absolute atomic E-state index is 13.6. The normalized spacial score (nSPS) is 12.2. The molecule has 0 fully saturated rings. The molecule has 0 saturated heterocycles. The van der Waals surface area contributed by atoms with E-state index in [1.54, 1.807) is 14.0 Å². The van der Waals surface area contributed by atoms with Gasteiger partial charge in [0, 0.05) is 11.6 Å². The van der Waals surface area contributed by atoms with E-state index in [1.165, 1.54) is 18.2 Å². The van der Waals surface area contributed by atoms with Crippen LogP contribution in [0.4, 0.5) is 8.78 Å². The fraction of sp³-hybridized carbons (Fsp3) is 0.294. The average Bonchev–Trinajstić information content (AvgIpc) is 2.48. The van der Waals surface area contributed by atoms with E-state index < -0.39 is 11.6 Å². The number of benzene rings is 2. The number of ether oxygens (including phenoxy) is 1. The van der Waals surface area contributed by atoms with Crippen molar-refractivity contribution in [2.75, 3.05) is 13.7 Å². The highest BCUT2D eigenvalue weighted by atomic mass is 19.1. The minimum Gasteiger partial charge on any atom is -0.497 e. The standard InChI is InChI=1S/C17H19F2NO/c1-12(17-15(18)4-3-5-16(17)19)20-11-10-13-6-8-14(21-2)9-7-13/h3-9,12,20H,10-11H2,1-2H3. The van der Waals surface area contributed by atoms with Crippen LogP contribution in [0.1, 0.15) is 24.1 Å². The highest BCUT2D eigenvalue weighted by Gasteiger charge is 2.14. The summed E-state index contributed by atoms with van der Waals surface area (Å²) in [5.41, 5.74) is 1.23. The summed E-state index contributed by atoms with van der Waals surface area (Å²) in [5.74, 6) is -0.215. The zero-order valence-corrected chi connectivity index (χ0v) is 12.2. The van der Waals surface area contributed by atoms with Crippen LogP contribution in [0.2, 0.25) is 0 Å². The van der Waals surface area contributed by atoms with Gasteiger partial charge in [-0.3, -0.25) is 0 Å². The third kappa shape index (κ3) is 4.02. The van der Waals surface area contributed by atoms with E-state index in [0.29, 0.717) is 6.54 Å². The molecule has 0 saturated carbocycles. The van der Waals surface area contributed by atoms with Gasteiger partial charge in [0.1, 0.15) is 17.4 Å². The van der Waals surface area contributed by atoms with Gasteiger partial charge in [0.05, 0.1) is 7.11 Å². The molecule has 0 heterocycles. The van der Waals surface area contributed by atoms with Crippen molar-refractivity contribution in [2.24, 2.45) is 0 Å². The summed E-state index contributed by atoms with van der Waals surface area (Å²) in [6.07, 6.45) is 0.782. The minimum atomic E-state index is -0.514. The second kappa shape index (κ2) is 7.18. The monoisotopic (exact) mass is 291 g/mol. The first-order chi connectivity index (χ1) is 10.1. The maximum Gasteiger partial charge on any atom is 0.130 e. The molecule has 21 heavy (non-hydrogen) atoms. The van der Waals surface area contributed by atoms with Gasteiger partial charge >= 0.3 is 0 Å². The van der Waals surface area contributed by atoms with Crippen LogP contribution in [0.15, 0.2) is 42.5 Å². The Morgan fingerprint density at radius 1 is 1.05 bits per heavy atom. The van der Waals surface area contributed by atoms with Crippen LogP contribution < -0.4 is 10.1 Å². The molecule has 2 nitrogen and oxygen atoms in total. The lowest BCUT2D eigenvalue weighted by molar-refractivity contribution is 0.414. The third-order valence-electron chi connectivity index (χ3n) is 3.46. The largest absolute Gasteiger partial charge is 0.497 e. The van der Waals surface area contributed by atoms with Crippen LogP contribution in [-0.4, -0.2) is 13.7 Å². The molecular formula is C17H19F2NO. The van der Waals surface area contributed by atoms with Gasteiger partial charge in [-0.2, -0.15) is 0 Å². The summed E-state index contributed by atoms with van der Waals surface area (Å²) < 4.78 is 32.4. The van der Waals surface area contributed by atoms with Crippen LogP contribution in [-0.2, 0) is 6.42 Å². The first-order valence-electron chi connectivity index (χ1n) is 6.92. The Bertz CT molecular complexity index is 564. The van der Waals surface area contributed by atoms with Crippen molar-refractivity contribution in [1.82, 2.24) is 5.32 Å². The first-order valence-corrected chi connectivity index (χ1v) is 6.92. The lowest BCUT2D eigenvalue weighted by Crippen LogP contribution is -2.23. The van der Waals surface area contributed by atoms with Crippen LogP contribution in [0.25, 0.3) is 0 Å². The number of halogens is 2. The molecule has 0 aromatic heterocycles. The number of rotatable bonds is 6. The Balaban J connectivity index is 1.90. The lowest BCUT2D eigenvalue weighted by Gasteiger charge is -2.15. The van der Waals surface area contributed by atoms with Crippen LogP contribution in [0.3, 0.4) is 0 Å². The summed E-state index contributed by atoms with van der Waals surface area (Å²) in [4.78, 5) is 0. The van der Waals surface area contributed by atoms with E-state index >= 15 is 0 Å². The Labute approximate surface area is 123 Å².